The molecule has 0 aromatic heterocycles. The molecule has 1 heterocycles. The van der Waals surface area contributed by atoms with Crippen molar-refractivity contribution in [1.82, 2.24) is 4.90 Å². The van der Waals surface area contributed by atoms with E-state index in [4.69, 9.17) is 0 Å². The van der Waals surface area contributed by atoms with E-state index in [2.05, 4.69) is 24.3 Å². The minimum absolute atomic E-state index is 0.104. The van der Waals surface area contributed by atoms with Crippen molar-refractivity contribution in [3.8, 4) is 0 Å². The van der Waals surface area contributed by atoms with E-state index in [9.17, 15) is 4.79 Å². The summed E-state index contributed by atoms with van der Waals surface area (Å²) in [6.45, 7) is 0. The first kappa shape index (κ1) is 9.40. The highest BCUT2D eigenvalue weighted by molar-refractivity contribution is 6.00. The molecule has 2 nitrogen and oxygen atoms in total. The van der Waals surface area contributed by atoms with Crippen LogP contribution in [0, 0.1) is 0 Å². The highest BCUT2D eigenvalue weighted by Gasteiger charge is 2.44. The summed E-state index contributed by atoms with van der Waals surface area (Å²) in [5.74, 6) is 0.104. The molecule has 0 saturated heterocycles. The topological polar surface area (TPSA) is 20.3 Å². The third kappa shape index (κ3) is 0.990. The number of likely N-dealkylation sites (N-methyl/N-ethyl adjacent to an activating group) is 1. The van der Waals surface area contributed by atoms with E-state index in [0.717, 1.165) is 17.5 Å². The van der Waals surface area contributed by atoms with E-state index in [0.29, 0.717) is 0 Å². The lowest BCUT2D eigenvalue weighted by Gasteiger charge is -2.32. The second-order valence-electron chi connectivity index (χ2n) is 4.28. The fraction of sp³-hybridized carbons (Fsp3) is 0.214. The SMILES string of the molecule is CN1C(=O)c2ccccc2C12C=CCC=C2. The number of carbonyl (C=O) groups excluding carboxylic acids is 1. The lowest BCUT2D eigenvalue weighted by atomic mass is 9.86. The highest BCUT2D eigenvalue weighted by atomic mass is 16.2. The van der Waals surface area contributed by atoms with Crippen LogP contribution in [-0.4, -0.2) is 17.9 Å². The maximum atomic E-state index is 12.1. The monoisotopic (exact) mass is 211 g/mol. The summed E-state index contributed by atoms with van der Waals surface area (Å²) in [4.78, 5) is 13.9. The van der Waals surface area contributed by atoms with Gasteiger partial charge in [0.1, 0.15) is 5.54 Å². The van der Waals surface area contributed by atoms with Gasteiger partial charge in [0.2, 0.25) is 0 Å². The molecule has 0 radical (unpaired) electrons. The zero-order valence-corrected chi connectivity index (χ0v) is 9.18. The zero-order valence-electron chi connectivity index (χ0n) is 9.18. The van der Waals surface area contributed by atoms with E-state index in [1.54, 1.807) is 0 Å². The van der Waals surface area contributed by atoms with Gasteiger partial charge in [-0.3, -0.25) is 4.79 Å². The molecule has 0 atom stereocenters. The van der Waals surface area contributed by atoms with Gasteiger partial charge < -0.3 is 4.90 Å². The van der Waals surface area contributed by atoms with Crippen molar-refractivity contribution in [1.29, 1.82) is 0 Å². The molecule has 0 fully saturated rings. The van der Waals surface area contributed by atoms with Gasteiger partial charge in [-0.05, 0) is 18.1 Å². The van der Waals surface area contributed by atoms with Crippen molar-refractivity contribution in [2.45, 2.75) is 12.0 Å². The minimum atomic E-state index is -0.341. The van der Waals surface area contributed by atoms with Crippen LogP contribution in [0.15, 0.2) is 48.6 Å². The van der Waals surface area contributed by atoms with Crippen molar-refractivity contribution in [2.24, 2.45) is 0 Å². The predicted octanol–water partition coefficient (Wildman–Crippen LogP) is 2.48. The molecular formula is C14H13NO. The first-order valence-electron chi connectivity index (χ1n) is 5.49. The molecular weight excluding hydrogens is 198 g/mol. The van der Waals surface area contributed by atoms with Gasteiger partial charge in [0, 0.05) is 12.6 Å². The Hall–Kier alpha value is -1.83. The minimum Gasteiger partial charge on any atom is -0.325 e. The maximum absolute atomic E-state index is 12.1. The molecule has 0 bridgehead atoms. The Labute approximate surface area is 94.9 Å². The first-order valence-corrected chi connectivity index (χ1v) is 5.49. The van der Waals surface area contributed by atoms with Gasteiger partial charge in [-0.15, -0.1) is 0 Å². The first-order chi connectivity index (χ1) is 7.76. The van der Waals surface area contributed by atoms with Gasteiger partial charge >= 0.3 is 0 Å². The summed E-state index contributed by atoms with van der Waals surface area (Å²) >= 11 is 0. The van der Waals surface area contributed by atoms with Crippen molar-refractivity contribution in [3.63, 3.8) is 0 Å². The number of hydrogen-bond acceptors (Lipinski definition) is 1. The molecule has 0 N–H and O–H groups in total. The number of nitrogens with zero attached hydrogens (tertiary/aromatic N) is 1. The average Bonchev–Trinajstić information content (AvgIpc) is 2.55. The Morgan fingerprint density at radius 2 is 1.88 bits per heavy atom. The second-order valence-corrected chi connectivity index (χ2v) is 4.28. The zero-order chi connectivity index (χ0) is 11.2. The molecule has 1 aliphatic carbocycles. The number of allylic oxidation sites excluding steroid dienone is 2. The molecule has 2 heteroatoms. The van der Waals surface area contributed by atoms with Gasteiger partial charge in [-0.25, -0.2) is 0 Å². The molecule has 1 aliphatic heterocycles. The fourth-order valence-electron chi connectivity index (χ4n) is 2.58. The molecule has 0 unspecified atom stereocenters. The predicted molar refractivity (Wildman–Crippen MR) is 63.1 cm³/mol. The molecule has 3 rings (SSSR count). The van der Waals surface area contributed by atoms with Crippen LogP contribution in [0.1, 0.15) is 22.3 Å². The molecule has 16 heavy (non-hydrogen) atoms. The molecule has 1 spiro atoms. The molecule has 1 aromatic carbocycles. The molecule has 80 valence electrons. The van der Waals surface area contributed by atoms with Crippen molar-refractivity contribution in [2.75, 3.05) is 7.05 Å². The maximum Gasteiger partial charge on any atom is 0.255 e. The van der Waals surface area contributed by atoms with E-state index in [1.165, 1.54) is 0 Å². The number of rotatable bonds is 0. The van der Waals surface area contributed by atoms with Crippen LogP contribution < -0.4 is 0 Å². The van der Waals surface area contributed by atoms with Crippen LogP contribution in [0.3, 0.4) is 0 Å². The summed E-state index contributed by atoms with van der Waals surface area (Å²) < 4.78 is 0. The quantitative estimate of drug-likeness (QED) is 0.604. The normalized spacial score (nSPS) is 20.6. The number of amides is 1. The van der Waals surface area contributed by atoms with Crippen molar-refractivity contribution >= 4 is 5.91 Å². The Bertz CT molecular complexity index is 501. The summed E-state index contributed by atoms with van der Waals surface area (Å²) in [6.07, 6.45) is 9.43. The number of hydrogen-bond donors (Lipinski definition) is 0. The van der Waals surface area contributed by atoms with Gasteiger partial charge in [-0.1, -0.05) is 42.5 Å². The summed E-state index contributed by atoms with van der Waals surface area (Å²) in [7, 11) is 1.86. The summed E-state index contributed by atoms with van der Waals surface area (Å²) in [5, 5.41) is 0. The lowest BCUT2D eigenvalue weighted by Crippen LogP contribution is -2.38. The van der Waals surface area contributed by atoms with Crippen LogP contribution in [0.5, 0.6) is 0 Å². The third-order valence-electron chi connectivity index (χ3n) is 3.46. The van der Waals surface area contributed by atoms with Crippen LogP contribution in [-0.2, 0) is 5.54 Å². The van der Waals surface area contributed by atoms with Gasteiger partial charge in [-0.2, -0.15) is 0 Å². The van der Waals surface area contributed by atoms with Crippen molar-refractivity contribution in [3.05, 3.63) is 59.7 Å². The largest absolute Gasteiger partial charge is 0.325 e. The molecule has 1 amide bonds. The Kier molecular flexibility index (Phi) is 1.81. The van der Waals surface area contributed by atoms with Gasteiger partial charge in [0.15, 0.2) is 0 Å². The smallest absolute Gasteiger partial charge is 0.255 e. The Balaban J connectivity index is 2.28. The van der Waals surface area contributed by atoms with E-state index in [-0.39, 0.29) is 11.4 Å². The summed E-state index contributed by atoms with van der Waals surface area (Å²) in [6, 6.07) is 7.85. The van der Waals surface area contributed by atoms with Gasteiger partial charge in [0.25, 0.3) is 5.91 Å². The fourth-order valence-corrected chi connectivity index (χ4v) is 2.58. The standard InChI is InChI=1S/C14H13NO/c1-15-13(16)11-7-3-4-8-12(11)14(15)9-5-2-6-10-14/h3-10H,2H2,1H3. The summed E-state index contributed by atoms with van der Waals surface area (Å²) in [5.41, 5.74) is 1.57. The van der Waals surface area contributed by atoms with E-state index < -0.39 is 0 Å². The number of fused-ring (bicyclic) bond motifs is 2. The Morgan fingerprint density at radius 1 is 1.19 bits per heavy atom. The highest BCUT2D eigenvalue weighted by Crippen LogP contribution is 2.41. The lowest BCUT2D eigenvalue weighted by molar-refractivity contribution is 0.0748. The van der Waals surface area contributed by atoms with Crippen molar-refractivity contribution < 1.29 is 4.79 Å². The second kappa shape index (κ2) is 3.08. The van der Waals surface area contributed by atoms with Crippen LogP contribution in [0.25, 0.3) is 0 Å². The Morgan fingerprint density at radius 3 is 2.62 bits per heavy atom. The van der Waals surface area contributed by atoms with Gasteiger partial charge in [0.05, 0.1) is 0 Å². The number of benzene rings is 1. The van der Waals surface area contributed by atoms with Crippen LogP contribution in [0.4, 0.5) is 0 Å². The molecule has 0 saturated carbocycles. The molecule has 1 aromatic rings. The molecule has 2 aliphatic rings. The van der Waals surface area contributed by atoms with Crippen LogP contribution >= 0.6 is 0 Å². The van der Waals surface area contributed by atoms with E-state index in [1.807, 2.05) is 36.2 Å². The third-order valence-corrected chi connectivity index (χ3v) is 3.46. The number of carbonyl (C=O) groups is 1. The van der Waals surface area contributed by atoms with Crippen LogP contribution in [0.2, 0.25) is 0 Å². The average molecular weight is 211 g/mol. The van der Waals surface area contributed by atoms with E-state index >= 15 is 0 Å².